The highest BCUT2D eigenvalue weighted by Crippen LogP contribution is 2.55. The van der Waals surface area contributed by atoms with Crippen LogP contribution in [-0.4, -0.2) is 73.1 Å². The minimum absolute atomic E-state index is 0.0343. The van der Waals surface area contributed by atoms with E-state index in [0.29, 0.717) is 0 Å². The average molecular weight is 637 g/mol. The van der Waals surface area contributed by atoms with E-state index >= 15 is 0 Å². The Balaban J connectivity index is 1.45. The van der Waals surface area contributed by atoms with Crippen LogP contribution in [0.2, 0.25) is 0 Å². The SMILES string of the molecule is C=Cc1ccc2c(c1)C(CCCCCC[N+](C)(C)C)(CCCCCC[N+](C)(C)C)c1cc(/C=C/c3cccc4nsnc34)ccc1-2. The molecule has 46 heavy (non-hydrogen) atoms. The van der Waals surface area contributed by atoms with Gasteiger partial charge in [0.05, 0.1) is 67.1 Å². The summed E-state index contributed by atoms with van der Waals surface area (Å²) in [7, 11) is 13.8. The molecule has 5 rings (SSSR count). The lowest BCUT2D eigenvalue weighted by atomic mass is 9.70. The van der Waals surface area contributed by atoms with Crippen LogP contribution in [0.4, 0.5) is 0 Å². The molecule has 4 nitrogen and oxygen atoms in total. The van der Waals surface area contributed by atoms with Gasteiger partial charge in [0, 0.05) is 11.0 Å². The van der Waals surface area contributed by atoms with Gasteiger partial charge in [-0.25, -0.2) is 0 Å². The zero-order chi connectivity index (χ0) is 32.8. The van der Waals surface area contributed by atoms with Crippen molar-refractivity contribution in [2.75, 3.05) is 55.4 Å². The van der Waals surface area contributed by atoms with Crippen LogP contribution in [0, 0.1) is 0 Å². The molecule has 0 saturated heterocycles. The van der Waals surface area contributed by atoms with E-state index in [0.717, 1.165) is 25.6 Å². The number of benzene rings is 3. The molecule has 0 saturated carbocycles. The molecule has 1 heterocycles. The number of unbranched alkanes of at least 4 members (excludes halogenated alkanes) is 6. The molecular formula is C41H56N4S+2. The minimum Gasteiger partial charge on any atom is -0.331 e. The number of hydrogen-bond acceptors (Lipinski definition) is 3. The van der Waals surface area contributed by atoms with Crippen LogP contribution in [0.15, 0.2) is 61.2 Å². The number of nitrogens with zero attached hydrogens (tertiary/aromatic N) is 4. The normalized spacial score (nSPS) is 14.2. The first-order valence-electron chi connectivity index (χ1n) is 17.4. The van der Waals surface area contributed by atoms with Gasteiger partial charge in [-0.15, -0.1) is 0 Å². The van der Waals surface area contributed by atoms with Crippen LogP contribution in [-0.2, 0) is 5.41 Å². The van der Waals surface area contributed by atoms with Crippen molar-refractivity contribution in [3.8, 4) is 11.1 Å². The third-order valence-electron chi connectivity index (χ3n) is 9.78. The van der Waals surface area contributed by atoms with Crippen molar-refractivity contribution in [3.05, 3.63) is 89.0 Å². The standard InChI is InChI=1S/C41H56N4S/c1-8-32-21-24-35-36-25-22-33(20-23-34-18-17-19-39-40(34)43-46-42-39)31-38(36)41(37(35)30-32,26-13-9-11-15-28-44(2,3)4)27-14-10-12-16-29-45(5,6)7/h8,17-25,30-31H,1,9-16,26-29H2,2-7H3/q+2/b23-20+. The van der Waals surface area contributed by atoms with E-state index < -0.39 is 0 Å². The maximum atomic E-state index is 4.56. The van der Waals surface area contributed by atoms with Gasteiger partial charge in [-0.3, -0.25) is 0 Å². The molecule has 0 unspecified atom stereocenters. The first kappa shape index (κ1) is 34.2. The van der Waals surface area contributed by atoms with E-state index in [1.165, 1.54) is 122 Å². The summed E-state index contributed by atoms with van der Waals surface area (Å²) in [6.45, 7) is 6.64. The number of aromatic nitrogens is 2. The summed E-state index contributed by atoms with van der Waals surface area (Å²) >= 11 is 1.28. The molecule has 0 bridgehead atoms. The fourth-order valence-electron chi connectivity index (χ4n) is 7.31. The molecule has 3 aromatic carbocycles. The molecule has 244 valence electrons. The molecule has 0 fully saturated rings. The lowest BCUT2D eigenvalue weighted by Crippen LogP contribution is -2.35. The third kappa shape index (κ3) is 8.42. The maximum Gasteiger partial charge on any atom is 0.112 e. The second-order valence-electron chi connectivity index (χ2n) is 15.6. The smallest absolute Gasteiger partial charge is 0.112 e. The van der Waals surface area contributed by atoms with Crippen LogP contribution in [0.5, 0.6) is 0 Å². The molecule has 1 aliphatic carbocycles. The Morgan fingerprint density at radius 1 is 0.652 bits per heavy atom. The van der Waals surface area contributed by atoms with Crippen LogP contribution >= 0.6 is 11.7 Å². The second-order valence-corrected chi connectivity index (χ2v) is 16.1. The molecule has 0 spiro atoms. The largest absolute Gasteiger partial charge is 0.331 e. The van der Waals surface area contributed by atoms with Gasteiger partial charge < -0.3 is 8.97 Å². The zero-order valence-electron chi connectivity index (χ0n) is 29.3. The topological polar surface area (TPSA) is 25.8 Å². The molecule has 5 heteroatoms. The summed E-state index contributed by atoms with van der Waals surface area (Å²) < 4.78 is 11.1. The Bertz CT molecular complexity index is 1620. The molecule has 0 amide bonds. The lowest BCUT2D eigenvalue weighted by molar-refractivity contribution is -0.870. The lowest BCUT2D eigenvalue weighted by Gasteiger charge is -2.33. The van der Waals surface area contributed by atoms with Crippen molar-refractivity contribution >= 4 is 41.0 Å². The highest BCUT2D eigenvalue weighted by molar-refractivity contribution is 7.00. The number of quaternary nitrogens is 2. The summed E-state index contributed by atoms with van der Waals surface area (Å²) in [6, 6.07) is 20.5. The van der Waals surface area contributed by atoms with Gasteiger partial charge >= 0.3 is 0 Å². The number of hydrogen-bond donors (Lipinski definition) is 0. The van der Waals surface area contributed by atoms with Crippen LogP contribution < -0.4 is 0 Å². The number of fused-ring (bicyclic) bond motifs is 4. The van der Waals surface area contributed by atoms with Crippen molar-refractivity contribution in [1.29, 1.82) is 0 Å². The van der Waals surface area contributed by atoms with Gasteiger partial charge in [-0.2, -0.15) is 8.75 Å². The van der Waals surface area contributed by atoms with Crippen molar-refractivity contribution < 1.29 is 8.97 Å². The Morgan fingerprint density at radius 3 is 1.80 bits per heavy atom. The first-order valence-corrected chi connectivity index (χ1v) is 18.1. The van der Waals surface area contributed by atoms with Crippen LogP contribution in [0.3, 0.4) is 0 Å². The summed E-state index contributed by atoms with van der Waals surface area (Å²) in [5, 5.41) is 0. The number of rotatable bonds is 17. The molecule has 1 aliphatic rings. The van der Waals surface area contributed by atoms with Crippen molar-refractivity contribution in [2.45, 2.75) is 69.6 Å². The molecule has 4 aromatic rings. The summed E-state index contributed by atoms with van der Waals surface area (Å²) in [6.07, 6.45) is 19.2. The van der Waals surface area contributed by atoms with E-state index in [9.17, 15) is 0 Å². The predicted octanol–water partition coefficient (Wildman–Crippen LogP) is 10.1. The van der Waals surface area contributed by atoms with Gasteiger partial charge in [-0.05, 0) is 78.0 Å². The Hall–Kier alpha value is -3.12. The van der Waals surface area contributed by atoms with Gasteiger partial charge in [0.15, 0.2) is 0 Å². The van der Waals surface area contributed by atoms with E-state index in [-0.39, 0.29) is 5.41 Å². The summed E-state index contributed by atoms with van der Waals surface area (Å²) in [4.78, 5) is 0. The van der Waals surface area contributed by atoms with Crippen LogP contribution in [0.25, 0.3) is 40.4 Å². The predicted molar refractivity (Wildman–Crippen MR) is 201 cm³/mol. The monoisotopic (exact) mass is 636 g/mol. The van der Waals surface area contributed by atoms with Gasteiger partial charge in [-0.1, -0.05) is 99.0 Å². The van der Waals surface area contributed by atoms with Crippen molar-refractivity contribution in [3.63, 3.8) is 0 Å². The minimum atomic E-state index is 0.0343. The van der Waals surface area contributed by atoms with Gasteiger partial charge in [0.25, 0.3) is 0 Å². The fraction of sp³-hybridized carbons (Fsp3) is 0.463. The Morgan fingerprint density at radius 2 is 1.22 bits per heavy atom. The highest BCUT2D eigenvalue weighted by Gasteiger charge is 2.42. The van der Waals surface area contributed by atoms with Gasteiger partial charge in [0.2, 0.25) is 0 Å². The van der Waals surface area contributed by atoms with Crippen molar-refractivity contribution in [2.24, 2.45) is 0 Å². The third-order valence-corrected chi connectivity index (χ3v) is 10.3. The van der Waals surface area contributed by atoms with Crippen molar-refractivity contribution in [1.82, 2.24) is 8.75 Å². The second kappa shape index (κ2) is 14.8. The molecular weight excluding hydrogens is 581 g/mol. The van der Waals surface area contributed by atoms with E-state index in [1.54, 1.807) is 0 Å². The molecule has 1 aromatic heterocycles. The highest BCUT2D eigenvalue weighted by atomic mass is 32.1. The molecule has 0 atom stereocenters. The fourth-order valence-corrected chi connectivity index (χ4v) is 7.86. The van der Waals surface area contributed by atoms with E-state index in [2.05, 4.69) is 118 Å². The Kier molecular flexibility index (Phi) is 11.0. The summed E-state index contributed by atoms with van der Waals surface area (Å²) in [5.74, 6) is 0. The van der Waals surface area contributed by atoms with E-state index in [1.807, 2.05) is 12.1 Å². The zero-order valence-corrected chi connectivity index (χ0v) is 30.1. The quantitative estimate of drug-likeness (QED) is 0.0655. The van der Waals surface area contributed by atoms with E-state index in [4.69, 9.17) is 0 Å². The average Bonchev–Trinajstić information content (AvgIpc) is 3.60. The first-order chi connectivity index (χ1) is 22.0. The van der Waals surface area contributed by atoms with Crippen LogP contribution in [0.1, 0.15) is 92.0 Å². The maximum absolute atomic E-state index is 4.56. The molecule has 0 aliphatic heterocycles. The molecule has 0 radical (unpaired) electrons. The molecule has 0 N–H and O–H groups in total. The summed E-state index contributed by atoms with van der Waals surface area (Å²) in [5.41, 5.74) is 11.5. The van der Waals surface area contributed by atoms with Gasteiger partial charge in [0.1, 0.15) is 11.0 Å². The Labute approximate surface area is 283 Å².